The van der Waals surface area contributed by atoms with Gasteiger partial charge in [-0.15, -0.1) is 0 Å². The maximum atomic E-state index is 12.9. The van der Waals surface area contributed by atoms with Gasteiger partial charge in [-0.2, -0.15) is 0 Å². The van der Waals surface area contributed by atoms with Crippen molar-refractivity contribution in [3.63, 3.8) is 0 Å². The number of thioether (sulfide) groups is 1. The fourth-order valence-corrected chi connectivity index (χ4v) is 4.57. The van der Waals surface area contributed by atoms with Crippen LogP contribution in [0.2, 0.25) is 0 Å². The number of urea groups is 1. The van der Waals surface area contributed by atoms with Gasteiger partial charge in [-0.05, 0) is 38.5 Å². The minimum absolute atomic E-state index is 0.246. The fraction of sp³-hybridized carbons (Fsp3) is 0.333. The summed E-state index contributed by atoms with van der Waals surface area (Å²) in [5, 5.41) is 15.4. The van der Waals surface area contributed by atoms with E-state index in [0.717, 1.165) is 16.9 Å². The van der Waals surface area contributed by atoms with Crippen molar-refractivity contribution < 1.29 is 14.7 Å². The van der Waals surface area contributed by atoms with Crippen molar-refractivity contribution in [1.29, 1.82) is 0 Å². The molecular weight excluding hydrogens is 366 g/mol. The maximum Gasteiger partial charge on any atom is 0.327 e. The largest absolute Gasteiger partial charge is 0.480 e. The highest BCUT2D eigenvalue weighted by molar-refractivity contribution is 8.00. The molecule has 9 heteroatoms. The third-order valence-electron chi connectivity index (χ3n) is 4.51. The number of pyridine rings is 2. The Balaban J connectivity index is 1.78. The van der Waals surface area contributed by atoms with Crippen molar-refractivity contribution in [3.8, 4) is 0 Å². The van der Waals surface area contributed by atoms with E-state index in [0.29, 0.717) is 16.4 Å². The first-order valence-electron chi connectivity index (χ1n) is 8.59. The molecule has 8 nitrogen and oxygen atoms in total. The summed E-state index contributed by atoms with van der Waals surface area (Å²) in [4.78, 5) is 34.7. The van der Waals surface area contributed by atoms with Crippen molar-refractivity contribution in [3.05, 3.63) is 35.7 Å². The number of hydrogen-bond donors (Lipinski definition) is 3. The third-order valence-corrected chi connectivity index (χ3v) is 5.79. The molecule has 2 aliphatic heterocycles. The van der Waals surface area contributed by atoms with Crippen molar-refractivity contribution in [2.45, 2.75) is 43.1 Å². The van der Waals surface area contributed by atoms with Gasteiger partial charge in [-0.3, -0.25) is 9.69 Å². The van der Waals surface area contributed by atoms with Crippen LogP contribution in [0.1, 0.15) is 31.0 Å². The van der Waals surface area contributed by atoms with Gasteiger partial charge in [-0.1, -0.05) is 11.8 Å². The number of carbonyl (C=O) groups is 2. The van der Waals surface area contributed by atoms with E-state index in [2.05, 4.69) is 20.6 Å². The average Bonchev–Trinajstić information content (AvgIpc) is 2.96. The van der Waals surface area contributed by atoms with Gasteiger partial charge in [0.2, 0.25) is 0 Å². The van der Waals surface area contributed by atoms with Gasteiger partial charge >= 0.3 is 12.0 Å². The summed E-state index contributed by atoms with van der Waals surface area (Å²) < 4.78 is 0. The van der Waals surface area contributed by atoms with Gasteiger partial charge < -0.3 is 15.7 Å². The molecule has 2 aromatic rings. The second-order valence-corrected chi connectivity index (χ2v) is 7.97. The van der Waals surface area contributed by atoms with E-state index in [9.17, 15) is 14.7 Å². The Kier molecular flexibility index (Phi) is 4.18. The summed E-state index contributed by atoms with van der Waals surface area (Å²) in [5.41, 5.74) is 2.93. The normalized spacial score (nSPS) is 20.4. The molecule has 2 amide bonds. The Bertz CT molecular complexity index is 949. The summed E-state index contributed by atoms with van der Waals surface area (Å²) in [6.07, 6.45) is 3.26. The summed E-state index contributed by atoms with van der Waals surface area (Å²) in [7, 11) is 0. The molecule has 2 unspecified atom stereocenters. The number of rotatable bonds is 4. The smallest absolute Gasteiger partial charge is 0.327 e. The molecule has 0 fully saturated rings. The highest BCUT2D eigenvalue weighted by Gasteiger charge is 2.46. The van der Waals surface area contributed by atoms with E-state index in [-0.39, 0.29) is 12.1 Å². The highest BCUT2D eigenvalue weighted by atomic mass is 32.2. The number of carboxylic acids is 1. The van der Waals surface area contributed by atoms with Gasteiger partial charge in [0.15, 0.2) is 0 Å². The number of carbonyl (C=O) groups excluding carboxylic acids is 1. The highest BCUT2D eigenvalue weighted by Crippen LogP contribution is 2.50. The number of carboxylic acid groups (broad SMARTS) is 1. The molecule has 0 radical (unpaired) electrons. The Labute approximate surface area is 160 Å². The van der Waals surface area contributed by atoms with Gasteiger partial charge in [0.05, 0.1) is 23.6 Å². The van der Waals surface area contributed by atoms with Crippen LogP contribution in [0.15, 0.2) is 29.6 Å². The predicted octanol–water partition coefficient (Wildman–Crippen LogP) is 3.07. The van der Waals surface area contributed by atoms with Crippen LogP contribution in [0.25, 0.3) is 0 Å². The van der Waals surface area contributed by atoms with Gasteiger partial charge in [-0.25, -0.2) is 14.8 Å². The summed E-state index contributed by atoms with van der Waals surface area (Å²) in [5.74, 6) is -0.229. The van der Waals surface area contributed by atoms with E-state index < -0.39 is 17.3 Å². The van der Waals surface area contributed by atoms with Crippen LogP contribution in [0.3, 0.4) is 0 Å². The van der Waals surface area contributed by atoms with Crippen molar-refractivity contribution >= 4 is 41.0 Å². The lowest BCUT2D eigenvalue weighted by atomic mass is 10.00. The maximum absolute atomic E-state index is 12.9. The Morgan fingerprint density at radius 1 is 1.37 bits per heavy atom. The van der Waals surface area contributed by atoms with Gasteiger partial charge in [0.25, 0.3) is 0 Å². The lowest BCUT2D eigenvalue weighted by molar-refractivity contribution is -0.136. The zero-order valence-electron chi connectivity index (χ0n) is 15.1. The van der Waals surface area contributed by atoms with E-state index in [1.54, 1.807) is 23.4 Å². The molecule has 0 aromatic carbocycles. The van der Waals surface area contributed by atoms with Crippen LogP contribution in [0, 0.1) is 6.92 Å². The van der Waals surface area contributed by atoms with E-state index in [4.69, 9.17) is 0 Å². The quantitative estimate of drug-likeness (QED) is 0.742. The number of nitrogens with zero attached hydrogens (tertiary/aromatic N) is 3. The monoisotopic (exact) mass is 385 g/mol. The molecule has 0 aliphatic carbocycles. The predicted molar refractivity (Wildman–Crippen MR) is 103 cm³/mol. The third kappa shape index (κ3) is 2.87. The minimum Gasteiger partial charge on any atom is -0.480 e. The minimum atomic E-state index is -0.968. The SMILES string of the molecule is Cc1cc(NC(C)C)ncc1N1C(=O)NC2c3c1ccnc3SC2C(=O)O. The zero-order chi connectivity index (χ0) is 19.3. The van der Waals surface area contributed by atoms with Crippen LogP contribution < -0.4 is 15.5 Å². The molecule has 2 atom stereocenters. The Morgan fingerprint density at radius 2 is 2.15 bits per heavy atom. The molecule has 0 bridgehead atoms. The second-order valence-electron chi connectivity index (χ2n) is 6.84. The average molecular weight is 385 g/mol. The lowest BCUT2D eigenvalue weighted by Crippen LogP contribution is -2.47. The molecule has 4 heterocycles. The Morgan fingerprint density at radius 3 is 2.81 bits per heavy atom. The van der Waals surface area contributed by atoms with Crippen LogP contribution in [0.4, 0.5) is 22.0 Å². The number of aromatic nitrogens is 2. The molecule has 4 rings (SSSR count). The van der Waals surface area contributed by atoms with Crippen molar-refractivity contribution in [2.24, 2.45) is 0 Å². The molecule has 27 heavy (non-hydrogen) atoms. The number of aliphatic carboxylic acids is 1. The summed E-state index contributed by atoms with van der Waals surface area (Å²) in [6.45, 7) is 5.97. The molecule has 140 valence electrons. The number of anilines is 3. The zero-order valence-corrected chi connectivity index (χ0v) is 15.9. The first kappa shape index (κ1) is 17.6. The topological polar surface area (TPSA) is 107 Å². The molecule has 0 spiro atoms. The summed E-state index contributed by atoms with van der Waals surface area (Å²) >= 11 is 1.17. The van der Waals surface area contributed by atoms with Crippen LogP contribution in [0.5, 0.6) is 0 Å². The molecule has 0 saturated carbocycles. The number of amides is 2. The fourth-order valence-electron chi connectivity index (χ4n) is 3.41. The van der Waals surface area contributed by atoms with Crippen LogP contribution >= 0.6 is 11.8 Å². The van der Waals surface area contributed by atoms with E-state index in [1.807, 2.05) is 26.8 Å². The standard InChI is InChI=1S/C18H19N5O3S/c1-8(2)21-12-6-9(3)11(7-20-12)23-10-4-5-19-16-13(10)14(22-18(23)26)15(27-16)17(24)25/h4-8,14-15H,1-3H3,(H,20,21)(H,22,26)(H,24,25). The Hall–Kier alpha value is -2.81. The molecular formula is C18H19N5O3S. The van der Waals surface area contributed by atoms with Gasteiger partial charge in [0, 0.05) is 17.8 Å². The first-order valence-corrected chi connectivity index (χ1v) is 9.47. The molecule has 0 saturated heterocycles. The summed E-state index contributed by atoms with van der Waals surface area (Å²) in [6, 6.07) is 2.92. The van der Waals surface area contributed by atoms with Crippen molar-refractivity contribution in [2.75, 3.05) is 10.2 Å². The van der Waals surface area contributed by atoms with Crippen molar-refractivity contribution in [1.82, 2.24) is 15.3 Å². The first-order chi connectivity index (χ1) is 12.9. The van der Waals surface area contributed by atoms with Crippen LogP contribution in [-0.2, 0) is 4.79 Å². The number of nitrogens with one attached hydrogen (secondary N) is 2. The van der Waals surface area contributed by atoms with Crippen LogP contribution in [-0.4, -0.2) is 38.4 Å². The second kappa shape index (κ2) is 6.41. The van der Waals surface area contributed by atoms with Gasteiger partial charge in [0.1, 0.15) is 16.1 Å². The van der Waals surface area contributed by atoms with E-state index in [1.165, 1.54) is 11.8 Å². The number of hydrogen-bond acceptors (Lipinski definition) is 6. The molecule has 2 aliphatic rings. The number of aryl methyl sites for hydroxylation is 1. The van der Waals surface area contributed by atoms with E-state index >= 15 is 0 Å². The molecule has 2 aromatic heterocycles. The lowest BCUT2D eigenvalue weighted by Gasteiger charge is -2.34. The molecule has 3 N–H and O–H groups in total.